The summed E-state index contributed by atoms with van der Waals surface area (Å²) >= 11 is 0. The predicted molar refractivity (Wildman–Crippen MR) is 115 cm³/mol. The maximum absolute atomic E-state index is 14.3. The van der Waals surface area contributed by atoms with Crippen LogP contribution in [0.5, 0.6) is 0 Å². The SMILES string of the molecule is CC1(C)OB(C(=Cc2cc(F)cc(F)c2F)CNC(=O)OCc2ccccc2)OC1(C)C. The first-order valence-corrected chi connectivity index (χ1v) is 10.1. The number of amides is 1. The van der Waals surface area contributed by atoms with Crippen molar-refractivity contribution in [1.29, 1.82) is 0 Å². The number of carbonyl (C=O) groups is 1. The highest BCUT2D eigenvalue weighted by molar-refractivity contribution is 6.56. The van der Waals surface area contributed by atoms with Crippen LogP contribution in [0.4, 0.5) is 18.0 Å². The van der Waals surface area contributed by atoms with Gasteiger partial charge in [-0.25, -0.2) is 18.0 Å². The molecule has 2 aromatic rings. The lowest BCUT2D eigenvalue weighted by Gasteiger charge is -2.32. The Morgan fingerprint density at radius 3 is 2.31 bits per heavy atom. The Kier molecular flexibility index (Phi) is 7.00. The Balaban J connectivity index is 1.79. The highest BCUT2D eigenvalue weighted by Gasteiger charge is 2.52. The number of nitrogens with one attached hydrogen (secondary N) is 1. The van der Waals surface area contributed by atoms with Crippen LogP contribution in [0.15, 0.2) is 47.9 Å². The first-order valence-electron chi connectivity index (χ1n) is 10.1. The van der Waals surface area contributed by atoms with Gasteiger partial charge < -0.3 is 19.4 Å². The van der Waals surface area contributed by atoms with Crippen LogP contribution < -0.4 is 5.32 Å². The fourth-order valence-electron chi connectivity index (χ4n) is 3.03. The number of benzene rings is 2. The molecule has 32 heavy (non-hydrogen) atoms. The third-order valence-electron chi connectivity index (χ3n) is 5.57. The van der Waals surface area contributed by atoms with Crippen molar-refractivity contribution in [3.8, 4) is 0 Å². The molecular weight excluding hydrogens is 422 g/mol. The highest BCUT2D eigenvalue weighted by atomic mass is 19.2. The lowest BCUT2D eigenvalue weighted by Crippen LogP contribution is -2.41. The molecule has 0 saturated carbocycles. The van der Waals surface area contributed by atoms with Gasteiger partial charge in [0.2, 0.25) is 0 Å². The molecule has 1 fully saturated rings. The van der Waals surface area contributed by atoms with E-state index in [0.29, 0.717) is 6.07 Å². The van der Waals surface area contributed by atoms with Gasteiger partial charge in [0.1, 0.15) is 12.4 Å². The standard InChI is InChI=1S/C23H25BF3NO4/c1-22(2)23(3,4)32-24(31-22)17(10-16-11-18(25)12-19(26)20(16)27)13-28-21(29)30-14-15-8-6-5-7-9-15/h5-12H,13-14H2,1-4H3,(H,28,29). The van der Waals surface area contributed by atoms with Crippen LogP contribution in [-0.2, 0) is 20.7 Å². The molecule has 0 aromatic heterocycles. The Morgan fingerprint density at radius 1 is 1.06 bits per heavy atom. The normalized spacial score (nSPS) is 17.3. The maximum atomic E-state index is 14.3. The molecule has 2 aromatic carbocycles. The van der Waals surface area contributed by atoms with E-state index in [2.05, 4.69) is 5.32 Å². The van der Waals surface area contributed by atoms with Crippen molar-refractivity contribution >= 4 is 19.3 Å². The van der Waals surface area contributed by atoms with Crippen molar-refractivity contribution in [2.45, 2.75) is 45.5 Å². The highest BCUT2D eigenvalue weighted by Crippen LogP contribution is 2.38. The van der Waals surface area contributed by atoms with Gasteiger partial charge >= 0.3 is 13.2 Å². The number of carbonyl (C=O) groups excluding carboxylic acids is 1. The van der Waals surface area contributed by atoms with Crippen LogP contribution in [0, 0.1) is 17.5 Å². The molecule has 0 radical (unpaired) electrons. The van der Waals surface area contributed by atoms with Crippen molar-refractivity contribution in [3.05, 3.63) is 76.5 Å². The van der Waals surface area contributed by atoms with Crippen LogP contribution in [0.1, 0.15) is 38.8 Å². The van der Waals surface area contributed by atoms with Gasteiger partial charge in [-0.1, -0.05) is 36.4 Å². The van der Waals surface area contributed by atoms with E-state index in [-0.39, 0.29) is 24.2 Å². The van der Waals surface area contributed by atoms with E-state index < -0.39 is 41.9 Å². The summed E-state index contributed by atoms with van der Waals surface area (Å²) in [7, 11) is -0.972. The smallest absolute Gasteiger partial charge is 0.445 e. The van der Waals surface area contributed by atoms with Gasteiger partial charge in [-0.3, -0.25) is 0 Å². The molecule has 5 nitrogen and oxygen atoms in total. The van der Waals surface area contributed by atoms with Crippen molar-refractivity contribution in [3.63, 3.8) is 0 Å². The second-order valence-electron chi connectivity index (χ2n) is 8.51. The number of hydrogen-bond acceptors (Lipinski definition) is 4. The zero-order chi connectivity index (χ0) is 23.5. The van der Waals surface area contributed by atoms with E-state index in [1.165, 1.54) is 6.08 Å². The summed E-state index contributed by atoms with van der Waals surface area (Å²) in [5.74, 6) is -3.47. The van der Waals surface area contributed by atoms with Gasteiger partial charge in [0.15, 0.2) is 11.6 Å². The topological polar surface area (TPSA) is 56.8 Å². The molecule has 1 aliphatic rings. The molecule has 1 N–H and O–H groups in total. The summed E-state index contributed by atoms with van der Waals surface area (Å²) in [4.78, 5) is 12.2. The van der Waals surface area contributed by atoms with Crippen LogP contribution in [0.2, 0.25) is 0 Å². The number of ether oxygens (including phenoxy) is 1. The summed E-state index contributed by atoms with van der Waals surface area (Å²) in [5, 5.41) is 2.55. The minimum atomic E-state index is -1.32. The molecule has 0 spiro atoms. The monoisotopic (exact) mass is 447 g/mol. The third-order valence-corrected chi connectivity index (χ3v) is 5.57. The van der Waals surface area contributed by atoms with Gasteiger partial charge in [0.05, 0.1) is 11.2 Å². The van der Waals surface area contributed by atoms with Gasteiger partial charge in [-0.2, -0.15) is 0 Å². The maximum Gasteiger partial charge on any atom is 0.492 e. The summed E-state index contributed by atoms with van der Waals surface area (Å²) in [6.45, 7) is 7.22. The quantitative estimate of drug-likeness (QED) is 0.498. The molecule has 0 unspecified atom stereocenters. The van der Waals surface area contributed by atoms with E-state index in [0.717, 1.165) is 11.6 Å². The average Bonchev–Trinajstić information content (AvgIpc) is 2.94. The summed E-state index contributed by atoms with van der Waals surface area (Å²) in [6, 6.07) is 10.4. The van der Waals surface area contributed by atoms with Gasteiger partial charge in [0, 0.05) is 18.2 Å². The second kappa shape index (κ2) is 9.38. The van der Waals surface area contributed by atoms with Crippen molar-refractivity contribution in [1.82, 2.24) is 5.32 Å². The van der Waals surface area contributed by atoms with Crippen LogP contribution in [0.25, 0.3) is 6.08 Å². The van der Waals surface area contributed by atoms with Crippen LogP contribution in [-0.4, -0.2) is 31.0 Å². The Hall–Kier alpha value is -2.78. The van der Waals surface area contributed by atoms with Gasteiger partial charge in [-0.15, -0.1) is 0 Å². The molecule has 3 rings (SSSR count). The fourth-order valence-corrected chi connectivity index (χ4v) is 3.03. The number of rotatable bonds is 6. The largest absolute Gasteiger partial charge is 0.492 e. The Bertz CT molecular complexity index is 996. The molecule has 9 heteroatoms. The number of alkyl carbamates (subject to hydrolysis) is 1. The second-order valence-corrected chi connectivity index (χ2v) is 8.51. The van der Waals surface area contributed by atoms with Crippen molar-refractivity contribution in [2.75, 3.05) is 6.54 Å². The fraction of sp³-hybridized carbons (Fsp3) is 0.348. The number of hydrogen-bond donors (Lipinski definition) is 1. The summed E-state index contributed by atoms with van der Waals surface area (Å²) < 4.78 is 58.7. The van der Waals surface area contributed by atoms with Gasteiger partial charge in [-0.05, 0) is 44.8 Å². The summed E-state index contributed by atoms with van der Waals surface area (Å²) in [5.41, 5.74) is -0.676. The van der Waals surface area contributed by atoms with E-state index in [9.17, 15) is 18.0 Å². The molecule has 1 aliphatic heterocycles. The minimum absolute atomic E-state index is 0.0615. The Labute approximate surface area is 185 Å². The van der Waals surface area contributed by atoms with Crippen LogP contribution in [0.3, 0.4) is 0 Å². The van der Waals surface area contributed by atoms with Crippen molar-refractivity contribution in [2.24, 2.45) is 0 Å². The van der Waals surface area contributed by atoms with E-state index in [4.69, 9.17) is 14.0 Å². The zero-order valence-electron chi connectivity index (χ0n) is 18.4. The molecule has 0 bridgehead atoms. The lowest BCUT2D eigenvalue weighted by atomic mass is 9.77. The first kappa shape index (κ1) is 23.9. The minimum Gasteiger partial charge on any atom is -0.445 e. The van der Waals surface area contributed by atoms with E-state index in [1.54, 1.807) is 0 Å². The molecule has 0 atom stereocenters. The summed E-state index contributed by atoms with van der Waals surface area (Å²) in [6.07, 6.45) is 0.489. The number of halogens is 3. The van der Waals surface area contributed by atoms with E-state index >= 15 is 0 Å². The molecule has 0 aliphatic carbocycles. The molecule has 1 amide bonds. The van der Waals surface area contributed by atoms with Gasteiger partial charge in [0.25, 0.3) is 0 Å². The van der Waals surface area contributed by atoms with Crippen molar-refractivity contribution < 1.29 is 32.0 Å². The molecule has 170 valence electrons. The average molecular weight is 447 g/mol. The Morgan fingerprint density at radius 2 is 1.69 bits per heavy atom. The molecule has 1 heterocycles. The predicted octanol–water partition coefficient (Wildman–Crippen LogP) is 5.05. The molecular formula is C23H25BF3NO4. The zero-order valence-corrected chi connectivity index (χ0v) is 18.4. The third kappa shape index (κ3) is 5.52. The van der Waals surface area contributed by atoms with Crippen LogP contribution >= 0.6 is 0 Å². The first-order chi connectivity index (χ1) is 15.0. The van der Waals surface area contributed by atoms with E-state index in [1.807, 2.05) is 58.0 Å². The lowest BCUT2D eigenvalue weighted by molar-refractivity contribution is 0.00578. The molecule has 1 saturated heterocycles.